The fourth-order valence-corrected chi connectivity index (χ4v) is 1.57. The van der Waals surface area contributed by atoms with Gasteiger partial charge >= 0.3 is 0 Å². The number of phenols is 1. The van der Waals surface area contributed by atoms with Gasteiger partial charge in [0.05, 0.1) is 0 Å². The minimum absolute atomic E-state index is 0.0671. The van der Waals surface area contributed by atoms with Crippen LogP contribution < -0.4 is 0 Å². The van der Waals surface area contributed by atoms with Gasteiger partial charge in [-0.15, -0.1) is 0 Å². The van der Waals surface area contributed by atoms with Crippen LogP contribution in [0.25, 0.3) is 11.1 Å². The summed E-state index contributed by atoms with van der Waals surface area (Å²) in [5.41, 5.74) is 0.985. The molecule has 0 spiro atoms. The highest BCUT2D eigenvalue weighted by atomic mass is 19.1. The molecule has 0 aliphatic carbocycles. The molecule has 2 aromatic carbocycles. The van der Waals surface area contributed by atoms with Gasteiger partial charge in [-0.3, -0.25) is 0 Å². The molecule has 0 aromatic heterocycles. The first kappa shape index (κ1) is 10.6. The van der Waals surface area contributed by atoms with E-state index in [1.807, 2.05) is 0 Å². The molecule has 0 atom stereocenters. The summed E-state index contributed by atoms with van der Waals surface area (Å²) in [6.07, 6.45) is 0. The molecule has 16 heavy (non-hydrogen) atoms. The fourth-order valence-electron chi connectivity index (χ4n) is 1.57. The molecule has 2 aromatic rings. The van der Waals surface area contributed by atoms with Crippen LogP contribution in [0, 0.1) is 18.6 Å². The molecule has 1 N–H and O–H groups in total. The Labute approximate surface area is 92.0 Å². The van der Waals surface area contributed by atoms with Crippen LogP contribution in [-0.2, 0) is 0 Å². The van der Waals surface area contributed by atoms with Gasteiger partial charge in [0.1, 0.15) is 5.82 Å². The first-order valence-electron chi connectivity index (χ1n) is 4.83. The van der Waals surface area contributed by atoms with Crippen molar-refractivity contribution >= 4 is 0 Å². The van der Waals surface area contributed by atoms with E-state index in [0.29, 0.717) is 0 Å². The minimum atomic E-state index is -0.801. The van der Waals surface area contributed by atoms with Gasteiger partial charge in [0.25, 0.3) is 0 Å². The van der Waals surface area contributed by atoms with Gasteiger partial charge in [-0.2, -0.15) is 0 Å². The van der Waals surface area contributed by atoms with E-state index in [4.69, 9.17) is 0 Å². The van der Waals surface area contributed by atoms with E-state index < -0.39 is 17.4 Å². The van der Waals surface area contributed by atoms with Gasteiger partial charge in [-0.1, -0.05) is 24.3 Å². The Balaban J connectivity index is 2.63. The maximum Gasteiger partial charge on any atom is 0.172 e. The van der Waals surface area contributed by atoms with Crippen molar-refractivity contribution in [2.45, 2.75) is 6.92 Å². The van der Waals surface area contributed by atoms with E-state index in [0.717, 1.165) is 5.56 Å². The van der Waals surface area contributed by atoms with E-state index in [9.17, 15) is 13.9 Å². The molecular weight excluding hydrogens is 210 g/mol. The monoisotopic (exact) mass is 220 g/mol. The van der Waals surface area contributed by atoms with E-state index in [1.165, 1.54) is 30.3 Å². The van der Waals surface area contributed by atoms with E-state index in [1.54, 1.807) is 13.0 Å². The number of aryl methyl sites for hydroxylation is 1. The van der Waals surface area contributed by atoms with Crippen LogP contribution in [0.4, 0.5) is 8.78 Å². The Morgan fingerprint density at radius 3 is 2.44 bits per heavy atom. The Bertz CT molecular complexity index is 535. The fraction of sp³-hybridized carbons (Fsp3) is 0.0769. The molecule has 0 unspecified atom stereocenters. The smallest absolute Gasteiger partial charge is 0.172 e. The molecule has 82 valence electrons. The molecule has 0 aliphatic rings. The number of aromatic hydroxyl groups is 1. The predicted molar refractivity (Wildman–Crippen MR) is 58.2 cm³/mol. The second-order valence-electron chi connectivity index (χ2n) is 3.62. The molecular formula is C13H10F2O. The summed E-state index contributed by atoms with van der Waals surface area (Å²) in [6.45, 7) is 1.76. The Morgan fingerprint density at radius 1 is 1.00 bits per heavy atom. The normalized spacial score (nSPS) is 10.4. The summed E-state index contributed by atoms with van der Waals surface area (Å²) in [7, 11) is 0. The lowest BCUT2D eigenvalue weighted by Crippen LogP contribution is -1.89. The zero-order valence-corrected chi connectivity index (χ0v) is 8.67. The molecule has 0 saturated heterocycles. The maximum atomic E-state index is 13.6. The number of hydrogen-bond acceptors (Lipinski definition) is 1. The lowest BCUT2D eigenvalue weighted by molar-refractivity contribution is 0.433. The quantitative estimate of drug-likeness (QED) is 0.777. The zero-order chi connectivity index (χ0) is 11.7. The van der Waals surface area contributed by atoms with E-state index in [-0.39, 0.29) is 11.1 Å². The van der Waals surface area contributed by atoms with Crippen LogP contribution in [0.2, 0.25) is 0 Å². The third-order valence-corrected chi connectivity index (χ3v) is 2.39. The minimum Gasteiger partial charge on any atom is -0.505 e. The number of hydrogen-bond donors (Lipinski definition) is 1. The Hall–Kier alpha value is -1.90. The molecule has 0 aliphatic heterocycles. The SMILES string of the molecule is Cc1ccc(-c2cccc(O)c2F)c(F)c1. The van der Waals surface area contributed by atoms with Gasteiger partial charge in [0.15, 0.2) is 11.6 Å². The maximum absolute atomic E-state index is 13.6. The van der Waals surface area contributed by atoms with Crippen LogP contribution in [0.15, 0.2) is 36.4 Å². The highest BCUT2D eigenvalue weighted by molar-refractivity contribution is 5.66. The highest BCUT2D eigenvalue weighted by Gasteiger charge is 2.12. The number of phenolic OH excluding ortho intramolecular Hbond substituents is 1. The number of halogens is 2. The first-order valence-corrected chi connectivity index (χ1v) is 4.83. The highest BCUT2D eigenvalue weighted by Crippen LogP contribution is 2.30. The lowest BCUT2D eigenvalue weighted by atomic mass is 10.0. The summed E-state index contributed by atoms with van der Waals surface area (Å²) < 4.78 is 27.2. The first-order chi connectivity index (χ1) is 7.59. The average Bonchev–Trinajstić information content (AvgIpc) is 2.23. The summed E-state index contributed by atoms with van der Waals surface area (Å²) >= 11 is 0. The van der Waals surface area contributed by atoms with Gasteiger partial charge in [0, 0.05) is 11.1 Å². The second-order valence-corrected chi connectivity index (χ2v) is 3.62. The van der Waals surface area contributed by atoms with Crippen molar-refractivity contribution in [2.75, 3.05) is 0 Å². The van der Waals surface area contributed by atoms with Crippen LogP contribution in [0.3, 0.4) is 0 Å². The van der Waals surface area contributed by atoms with Gasteiger partial charge in [-0.05, 0) is 24.6 Å². The summed E-state index contributed by atoms with van der Waals surface area (Å²) in [6, 6.07) is 8.67. The Morgan fingerprint density at radius 2 is 1.75 bits per heavy atom. The third-order valence-electron chi connectivity index (χ3n) is 2.39. The van der Waals surface area contributed by atoms with Crippen molar-refractivity contribution in [1.82, 2.24) is 0 Å². The van der Waals surface area contributed by atoms with Crippen LogP contribution in [0.1, 0.15) is 5.56 Å². The zero-order valence-electron chi connectivity index (χ0n) is 8.67. The molecule has 0 amide bonds. The summed E-state index contributed by atoms with van der Waals surface area (Å²) in [4.78, 5) is 0. The van der Waals surface area contributed by atoms with Crippen molar-refractivity contribution in [3.63, 3.8) is 0 Å². The van der Waals surface area contributed by atoms with Crippen molar-refractivity contribution in [2.24, 2.45) is 0 Å². The molecule has 1 nitrogen and oxygen atoms in total. The van der Waals surface area contributed by atoms with E-state index >= 15 is 0 Å². The third kappa shape index (κ3) is 1.76. The molecule has 3 heteroatoms. The summed E-state index contributed by atoms with van der Waals surface area (Å²) in [5, 5.41) is 9.21. The average molecular weight is 220 g/mol. The van der Waals surface area contributed by atoms with Crippen molar-refractivity contribution in [3.8, 4) is 16.9 Å². The predicted octanol–water partition coefficient (Wildman–Crippen LogP) is 3.65. The molecule has 0 fully saturated rings. The largest absolute Gasteiger partial charge is 0.505 e. The second kappa shape index (κ2) is 3.93. The van der Waals surface area contributed by atoms with Crippen LogP contribution in [0.5, 0.6) is 5.75 Å². The van der Waals surface area contributed by atoms with Gasteiger partial charge < -0.3 is 5.11 Å². The van der Waals surface area contributed by atoms with Crippen molar-refractivity contribution < 1.29 is 13.9 Å². The van der Waals surface area contributed by atoms with Crippen LogP contribution >= 0.6 is 0 Å². The molecule has 0 saturated carbocycles. The van der Waals surface area contributed by atoms with Crippen LogP contribution in [-0.4, -0.2) is 5.11 Å². The number of benzene rings is 2. The molecule has 0 radical (unpaired) electrons. The lowest BCUT2D eigenvalue weighted by Gasteiger charge is -2.06. The molecule has 0 heterocycles. The molecule has 2 rings (SSSR count). The van der Waals surface area contributed by atoms with Gasteiger partial charge in [-0.25, -0.2) is 8.78 Å². The summed E-state index contributed by atoms with van der Waals surface area (Å²) in [5.74, 6) is -1.77. The Kier molecular flexibility index (Phi) is 2.60. The van der Waals surface area contributed by atoms with Crippen molar-refractivity contribution in [1.29, 1.82) is 0 Å². The van der Waals surface area contributed by atoms with Gasteiger partial charge in [0.2, 0.25) is 0 Å². The number of rotatable bonds is 1. The molecule has 0 bridgehead atoms. The standard InChI is InChI=1S/C13H10F2O/c1-8-5-6-9(11(14)7-8)10-3-2-4-12(16)13(10)15/h2-7,16H,1H3. The van der Waals surface area contributed by atoms with E-state index in [2.05, 4.69) is 0 Å². The topological polar surface area (TPSA) is 20.2 Å². The van der Waals surface area contributed by atoms with Crippen molar-refractivity contribution in [3.05, 3.63) is 53.6 Å².